The summed E-state index contributed by atoms with van der Waals surface area (Å²) in [5, 5.41) is 26.1. The van der Waals surface area contributed by atoms with E-state index >= 15 is 0 Å². The van der Waals surface area contributed by atoms with Crippen LogP contribution in [0.1, 0.15) is 81.3 Å². The molecule has 9 heteroatoms. The van der Waals surface area contributed by atoms with Gasteiger partial charge < -0.3 is 19.7 Å². The van der Waals surface area contributed by atoms with Crippen LogP contribution >= 0.6 is 0 Å². The van der Waals surface area contributed by atoms with Crippen LogP contribution < -0.4 is 4.74 Å². The molecule has 0 radical (unpaired) electrons. The summed E-state index contributed by atoms with van der Waals surface area (Å²) in [5.74, 6) is 1.49. The first-order valence-corrected chi connectivity index (χ1v) is 14.1. The number of hydrogen-bond donors (Lipinski definition) is 2. The highest BCUT2D eigenvalue weighted by atomic mass is 16.6. The van der Waals surface area contributed by atoms with E-state index in [-0.39, 0.29) is 35.8 Å². The number of carbonyl (C=O) groups is 1. The van der Waals surface area contributed by atoms with Crippen LogP contribution in [0.5, 0.6) is 11.5 Å². The maximum absolute atomic E-state index is 13.4. The molecule has 1 aliphatic heterocycles. The minimum absolute atomic E-state index is 0.0588. The summed E-state index contributed by atoms with van der Waals surface area (Å²) in [7, 11) is 0. The third-order valence-corrected chi connectivity index (χ3v) is 8.08. The summed E-state index contributed by atoms with van der Waals surface area (Å²) in [4.78, 5) is 22.1. The van der Waals surface area contributed by atoms with E-state index in [0.29, 0.717) is 43.2 Å². The maximum Gasteiger partial charge on any atom is 0.338 e. The molecule has 2 aliphatic rings. The number of carbonyl (C=O) groups excluding carboxylic acids is 1. The summed E-state index contributed by atoms with van der Waals surface area (Å²) in [6.45, 7) is 6.53. The minimum atomic E-state index is -0.793. The highest BCUT2D eigenvalue weighted by Gasteiger charge is 2.48. The molecule has 1 fully saturated rings. The van der Waals surface area contributed by atoms with Gasteiger partial charge in [-0.15, -0.1) is 5.10 Å². The molecule has 39 heavy (non-hydrogen) atoms. The Morgan fingerprint density at radius 2 is 1.97 bits per heavy atom. The second-order valence-electron chi connectivity index (χ2n) is 10.9. The van der Waals surface area contributed by atoms with Crippen molar-refractivity contribution in [1.82, 2.24) is 19.6 Å². The lowest BCUT2D eigenvalue weighted by atomic mass is 9.76. The van der Waals surface area contributed by atoms with E-state index in [0.717, 1.165) is 48.8 Å². The number of hydrogen-bond acceptors (Lipinski definition) is 8. The van der Waals surface area contributed by atoms with Gasteiger partial charge in [-0.25, -0.2) is 14.3 Å². The molecule has 1 aromatic carbocycles. The zero-order chi connectivity index (χ0) is 27.6. The van der Waals surface area contributed by atoms with Crippen LogP contribution in [0.4, 0.5) is 0 Å². The molecule has 3 heterocycles. The molecule has 5 rings (SSSR count). The Morgan fingerprint density at radius 3 is 2.69 bits per heavy atom. The number of aromatic nitrogens is 4. The van der Waals surface area contributed by atoms with Gasteiger partial charge in [-0.2, -0.15) is 4.98 Å². The first kappa shape index (κ1) is 27.0. The number of aromatic hydroxyl groups is 1. The molecule has 0 saturated heterocycles. The minimum Gasteiger partial charge on any atom is -0.512 e. The number of benzene rings is 1. The molecule has 1 aliphatic carbocycles. The molecule has 2 aromatic heterocycles. The molecule has 3 aromatic rings. The summed E-state index contributed by atoms with van der Waals surface area (Å²) in [6, 6.07) is 3.70. The second-order valence-corrected chi connectivity index (χ2v) is 10.9. The summed E-state index contributed by atoms with van der Waals surface area (Å²) >= 11 is 0. The van der Waals surface area contributed by atoms with Crippen LogP contribution in [0.3, 0.4) is 0 Å². The van der Waals surface area contributed by atoms with Crippen LogP contribution in [-0.2, 0) is 28.8 Å². The largest absolute Gasteiger partial charge is 0.512 e. The van der Waals surface area contributed by atoms with E-state index in [1.807, 2.05) is 33.0 Å². The Labute approximate surface area is 228 Å². The second kappa shape index (κ2) is 11.2. The van der Waals surface area contributed by atoms with Crippen LogP contribution in [0.2, 0.25) is 0 Å². The summed E-state index contributed by atoms with van der Waals surface area (Å²) < 4.78 is 13.9. The lowest BCUT2D eigenvalue weighted by molar-refractivity contribution is -0.167. The summed E-state index contributed by atoms with van der Waals surface area (Å²) in [6.07, 6.45) is 10.7. The average molecular weight is 535 g/mol. The van der Waals surface area contributed by atoms with Crippen molar-refractivity contribution >= 4 is 11.7 Å². The van der Waals surface area contributed by atoms with Gasteiger partial charge in [0, 0.05) is 31.3 Å². The van der Waals surface area contributed by atoms with Crippen molar-refractivity contribution in [3.63, 3.8) is 0 Å². The molecule has 1 atom stereocenters. The molecule has 0 bridgehead atoms. The predicted octanol–water partition coefficient (Wildman–Crippen LogP) is 5.35. The monoisotopic (exact) mass is 534 g/mol. The number of cyclic esters (lactones) is 1. The molecule has 1 unspecified atom stereocenters. The average Bonchev–Trinajstić information content (AvgIpc) is 3.59. The number of aryl methyl sites for hydroxylation is 3. The number of fused-ring (bicyclic) bond motifs is 1. The number of esters is 1. The zero-order valence-corrected chi connectivity index (χ0v) is 23.1. The standard InChI is InChI=1S/C30H38N4O5/c1-4-12-38-26-15-24(35)20(5-2)13-21(26)10-11-30(22-8-6-7-9-22)16-25(36)23(28(37)39-30)14-27-32-29-31-17-19(3)18-34(29)33-27/h13,15,17-18,22,35-36H,4-12,14,16H2,1-3H3. The summed E-state index contributed by atoms with van der Waals surface area (Å²) in [5.41, 5.74) is 2.21. The Hall–Kier alpha value is -3.62. The van der Waals surface area contributed by atoms with Gasteiger partial charge in [-0.05, 0) is 74.1 Å². The van der Waals surface area contributed by atoms with Gasteiger partial charge in [-0.3, -0.25) is 0 Å². The van der Waals surface area contributed by atoms with Crippen molar-refractivity contribution in [1.29, 1.82) is 0 Å². The Morgan fingerprint density at radius 1 is 1.18 bits per heavy atom. The van der Waals surface area contributed by atoms with E-state index in [4.69, 9.17) is 9.47 Å². The van der Waals surface area contributed by atoms with Crippen molar-refractivity contribution in [2.45, 2.75) is 90.6 Å². The first-order valence-electron chi connectivity index (χ1n) is 14.1. The van der Waals surface area contributed by atoms with Crippen molar-refractivity contribution in [3.8, 4) is 11.5 Å². The van der Waals surface area contributed by atoms with E-state index < -0.39 is 11.6 Å². The Balaban J connectivity index is 1.41. The van der Waals surface area contributed by atoms with Gasteiger partial charge in [-0.1, -0.05) is 26.7 Å². The maximum atomic E-state index is 13.4. The topological polar surface area (TPSA) is 119 Å². The molecule has 0 spiro atoms. The number of nitrogens with zero attached hydrogens (tertiary/aromatic N) is 4. The van der Waals surface area contributed by atoms with E-state index in [2.05, 4.69) is 15.1 Å². The highest BCUT2D eigenvalue weighted by molar-refractivity contribution is 5.90. The zero-order valence-electron chi connectivity index (χ0n) is 23.1. The smallest absolute Gasteiger partial charge is 0.338 e. The van der Waals surface area contributed by atoms with Gasteiger partial charge in [0.15, 0.2) is 5.82 Å². The lowest BCUT2D eigenvalue weighted by Gasteiger charge is -2.42. The van der Waals surface area contributed by atoms with Gasteiger partial charge in [0.05, 0.1) is 12.2 Å². The number of aliphatic hydroxyl groups excluding tert-OH is 1. The Bertz CT molecular complexity index is 1390. The number of rotatable bonds is 10. The number of phenols is 1. The number of phenolic OH excluding ortho intramolecular Hbond substituents is 1. The van der Waals surface area contributed by atoms with E-state index in [9.17, 15) is 15.0 Å². The molecular formula is C30H38N4O5. The molecule has 9 nitrogen and oxygen atoms in total. The van der Waals surface area contributed by atoms with Gasteiger partial charge in [0.2, 0.25) is 0 Å². The van der Waals surface area contributed by atoms with Crippen LogP contribution in [0.25, 0.3) is 5.78 Å². The van der Waals surface area contributed by atoms with E-state index in [1.165, 1.54) is 0 Å². The van der Waals surface area contributed by atoms with Crippen molar-refractivity contribution in [2.75, 3.05) is 6.61 Å². The SMILES string of the molecule is CCCOc1cc(O)c(CC)cc1CCC1(C2CCCC2)CC(O)=C(Cc2nc3ncc(C)cn3n2)C(=O)O1. The number of ether oxygens (including phenoxy) is 2. The van der Waals surface area contributed by atoms with Gasteiger partial charge >= 0.3 is 5.97 Å². The van der Waals surface area contributed by atoms with E-state index in [1.54, 1.807) is 16.8 Å². The molecule has 2 N–H and O–H groups in total. The van der Waals surface area contributed by atoms with Crippen molar-refractivity contribution in [3.05, 3.63) is 58.4 Å². The quantitative estimate of drug-likeness (QED) is 0.334. The highest BCUT2D eigenvalue weighted by Crippen LogP contribution is 2.46. The molecular weight excluding hydrogens is 496 g/mol. The number of aliphatic hydroxyl groups is 1. The van der Waals surface area contributed by atoms with Crippen molar-refractivity contribution in [2.24, 2.45) is 5.92 Å². The Kier molecular flexibility index (Phi) is 7.77. The molecule has 0 amide bonds. The van der Waals surface area contributed by atoms with Crippen molar-refractivity contribution < 1.29 is 24.5 Å². The van der Waals surface area contributed by atoms with Crippen LogP contribution in [-0.4, -0.2) is 48.0 Å². The first-order chi connectivity index (χ1) is 18.8. The predicted molar refractivity (Wildman–Crippen MR) is 146 cm³/mol. The van der Waals surface area contributed by atoms with Crippen LogP contribution in [0, 0.1) is 12.8 Å². The van der Waals surface area contributed by atoms with Crippen LogP contribution in [0.15, 0.2) is 35.9 Å². The van der Waals surface area contributed by atoms with Gasteiger partial charge in [0.1, 0.15) is 22.9 Å². The fourth-order valence-corrected chi connectivity index (χ4v) is 5.98. The lowest BCUT2D eigenvalue weighted by Crippen LogP contribution is -2.46. The molecule has 1 saturated carbocycles. The third-order valence-electron chi connectivity index (χ3n) is 8.08. The normalized spacial score (nSPS) is 20.1. The molecule has 208 valence electrons. The third kappa shape index (κ3) is 5.58. The van der Waals surface area contributed by atoms with Gasteiger partial charge in [0.25, 0.3) is 5.78 Å². The fraction of sp³-hybridized carbons (Fsp3) is 0.533. The fourth-order valence-electron chi connectivity index (χ4n) is 5.98.